The smallest absolute Gasteiger partial charge is 0.339 e. The molecule has 2 aromatic heterocycles. The summed E-state index contributed by atoms with van der Waals surface area (Å²) in [6.07, 6.45) is -1.64. The normalized spacial score (nSPS) is 11.2. The van der Waals surface area contributed by atoms with Gasteiger partial charge in [0.1, 0.15) is 5.69 Å². The highest BCUT2D eigenvalue weighted by Gasteiger charge is 2.33. The van der Waals surface area contributed by atoms with Gasteiger partial charge < -0.3 is 4.52 Å². The summed E-state index contributed by atoms with van der Waals surface area (Å²) in [5.41, 5.74) is 2.83. The molecule has 0 fully saturated rings. The minimum Gasteiger partial charge on any atom is -0.339 e. The maximum atomic E-state index is 12.7. The largest absolute Gasteiger partial charge is 0.416 e. The van der Waals surface area contributed by atoms with Crippen molar-refractivity contribution in [3.8, 4) is 11.4 Å². The summed E-state index contributed by atoms with van der Waals surface area (Å²) >= 11 is 0. The zero-order chi connectivity index (χ0) is 21.7. The molecule has 0 saturated carbocycles. The predicted octanol–water partition coefficient (Wildman–Crippen LogP) is 3.13. The van der Waals surface area contributed by atoms with E-state index >= 15 is 0 Å². The van der Waals surface area contributed by atoms with Crippen LogP contribution in [0.3, 0.4) is 0 Å². The number of hydrogen-bond donors (Lipinski definition) is 2. The van der Waals surface area contributed by atoms with Gasteiger partial charge in [-0.2, -0.15) is 18.2 Å². The molecule has 10 nitrogen and oxygen atoms in total. The maximum absolute atomic E-state index is 12.7. The molecule has 0 radical (unpaired) electrons. The van der Waals surface area contributed by atoms with E-state index < -0.39 is 28.3 Å². The van der Waals surface area contributed by atoms with Crippen LogP contribution in [0, 0.1) is 10.1 Å². The van der Waals surface area contributed by atoms with Crippen LogP contribution in [0.25, 0.3) is 11.4 Å². The van der Waals surface area contributed by atoms with Gasteiger partial charge in [-0.3, -0.25) is 30.7 Å². The molecule has 0 aliphatic carbocycles. The van der Waals surface area contributed by atoms with E-state index in [4.69, 9.17) is 4.52 Å². The molecule has 30 heavy (non-hydrogen) atoms. The number of nitro groups is 1. The van der Waals surface area contributed by atoms with Crippen LogP contribution in [0.15, 0.2) is 47.2 Å². The summed E-state index contributed by atoms with van der Waals surface area (Å²) in [5, 5.41) is 14.8. The Hall–Kier alpha value is -4.03. The molecule has 1 aromatic carbocycles. The molecule has 0 saturated heterocycles. The Morgan fingerprint density at radius 3 is 2.60 bits per heavy atom. The van der Waals surface area contributed by atoms with Crippen molar-refractivity contribution in [2.24, 2.45) is 0 Å². The predicted molar refractivity (Wildman–Crippen MR) is 95.7 cm³/mol. The van der Waals surface area contributed by atoms with Gasteiger partial charge in [-0.15, -0.1) is 0 Å². The molecular formula is C17H13F3N6O4. The third-order valence-corrected chi connectivity index (χ3v) is 3.83. The van der Waals surface area contributed by atoms with Crippen molar-refractivity contribution in [2.45, 2.75) is 19.0 Å². The fraction of sp³-hybridized carbons (Fsp3) is 0.176. The molecule has 1 amide bonds. The Labute approximate surface area is 166 Å². The van der Waals surface area contributed by atoms with Crippen LogP contribution in [0.4, 0.5) is 24.5 Å². The standard InChI is InChI=1S/C17H13F3N6O4/c18-17(19,20)11-1-2-12(13(9-11)26(28)29)23-24-14(27)3-4-15-22-16(25-30-15)10-5-7-21-8-6-10/h1-2,5-9,23H,3-4H2,(H,24,27). The third-order valence-electron chi connectivity index (χ3n) is 3.83. The molecule has 2 N–H and O–H groups in total. The van der Waals surface area contributed by atoms with Crippen LogP contribution >= 0.6 is 0 Å². The van der Waals surface area contributed by atoms with Gasteiger partial charge in [0.25, 0.3) is 5.69 Å². The van der Waals surface area contributed by atoms with E-state index in [2.05, 4.69) is 26.0 Å². The molecule has 0 aliphatic heterocycles. The molecule has 0 bridgehead atoms. The van der Waals surface area contributed by atoms with Crippen molar-refractivity contribution >= 4 is 17.3 Å². The zero-order valence-corrected chi connectivity index (χ0v) is 15.0. The van der Waals surface area contributed by atoms with Crippen molar-refractivity contribution < 1.29 is 27.4 Å². The average Bonchev–Trinajstić information content (AvgIpc) is 3.19. The van der Waals surface area contributed by atoms with E-state index in [-0.39, 0.29) is 24.4 Å². The fourth-order valence-corrected chi connectivity index (χ4v) is 2.36. The first-order valence-corrected chi connectivity index (χ1v) is 8.37. The van der Waals surface area contributed by atoms with Gasteiger partial charge >= 0.3 is 6.18 Å². The third kappa shape index (κ3) is 5.06. The van der Waals surface area contributed by atoms with Crippen LogP contribution in [-0.2, 0) is 17.4 Å². The highest BCUT2D eigenvalue weighted by Crippen LogP contribution is 2.34. The number of alkyl halides is 3. The monoisotopic (exact) mass is 422 g/mol. The average molecular weight is 422 g/mol. The first kappa shape index (κ1) is 20.7. The second-order valence-corrected chi connectivity index (χ2v) is 5.91. The van der Waals surface area contributed by atoms with Gasteiger partial charge in [-0.05, 0) is 24.3 Å². The number of nitrogens with zero attached hydrogens (tertiary/aromatic N) is 4. The second-order valence-electron chi connectivity index (χ2n) is 5.91. The van der Waals surface area contributed by atoms with Gasteiger partial charge in [0, 0.05) is 36.9 Å². The molecule has 13 heteroatoms. The number of nitrogens with one attached hydrogen (secondary N) is 2. The second kappa shape index (κ2) is 8.55. The Morgan fingerprint density at radius 2 is 1.93 bits per heavy atom. The van der Waals surface area contributed by atoms with Gasteiger partial charge in [0.15, 0.2) is 0 Å². The van der Waals surface area contributed by atoms with Crippen molar-refractivity contribution in [1.29, 1.82) is 0 Å². The number of hydrogen-bond acceptors (Lipinski definition) is 8. The van der Waals surface area contributed by atoms with Gasteiger partial charge in [0.05, 0.1) is 10.5 Å². The number of aromatic nitrogens is 3. The first-order chi connectivity index (χ1) is 14.2. The summed E-state index contributed by atoms with van der Waals surface area (Å²) in [6, 6.07) is 5.28. The van der Waals surface area contributed by atoms with Crippen LogP contribution in [0.1, 0.15) is 17.9 Å². The summed E-state index contributed by atoms with van der Waals surface area (Å²) in [4.78, 5) is 30.0. The lowest BCUT2D eigenvalue weighted by atomic mass is 10.1. The Balaban J connectivity index is 1.57. The number of carbonyl (C=O) groups excluding carboxylic acids is 1. The minimum atomic E-state index is -4.73. The number of rotatable bonds is 7. The Bertz CT molecular complexity index is 1060. The molecule has 2 heterocycles. The van der Waals surface area contributed by atoms with Crippen LogP contribution in [-0.4, -0.2) is 26.0 Å². The first-order valence-electron chi connectivity index (χ1n) is 8.37. The number of carbonyl (C=O) groups is 1. The van der Waals surface area contributed by atoms with Crippen molar-refractivity contribution in [3.05, 3.63) is 64.3 Å². The molecule has 3 aromatic rings. The fourth-order valence-electron chi connectivity index (χ4n) is 2.36. The number of benzene rings is 1. The van der Waals surface area contributed by atoms with Crippen LogP contribution in [0.2, 0.25) is 0 Å². The van der Waals surface area contributed by atoms with E-state index in [1.807, 2.05) is 0 Å². The summed E-state index contributed by atoms with van der Waals surface area (Å²) in [5.74, 6) is -0.0726. The Kier molecular flexibility index (Phi) is 5.90. The van der Waals surface area contributed by atoms with Gasteiger partial charge in [-0.25, -0.2) is 0 Å². The molecular weight excluding hydrogens is 409 g/mol. The zero-order valence-electron chi connectivity index (χ0n) is 15.0. The van der Waals surface area contributed by atoms with Crippen LogP contribution in [0.5, 0.6) is 0 Å². The quantitative estimate of drug-likeness (QED) is 0.438. The minimum absolute atomic E-state index is 0.0840. The topological polar surface area (TPSA) is 136 Å². The van der Waals surface area contributed by atoms with Crippen LogP contribution < -0.4 is 10.9 Å². The number of nitro benzene ring substituents is 1. The van der Waals surface area contributed by atoms with Crippen molar-refractivity contribution in [1.82, 2.24) is 20.6 Å². The molecule has 0 aliphatic rings. The highest BCUT2D eigenvalue weighted by atomic mass is 19.4. The SMILES string of the molecule is O=C(CCc1nc(-c2ccncc2)no1)NNc1ccc(C(F)(F)F)cc1[N+](=O)[O-]. The summed E-state index contributed by atoms with van der Waals surface area (Å²) in [6.45, 7) is 0. The number of halogens is 3. The Morgan fingerprint density at radius 1 is 1.20 bits per heavy atom. The lowest BCUT2D eigenvalue weighted by Crippen LogP contribution is -2.30. The molecule has 0 spiro atoms. The molecule has 156 valence electrons. The maximum Gasteiger partial charge on any atom is 0.416 e. The lowest BCUT2D eigenvalue weighted by Gasteiger charge is -2.11. The molecule has 0 unspecified atom stereocenters. The van der Waals surface area contributed by atoms with E-state index in [1.165, 1.54) is 0 Å². The van der Waals surface area contributed by atoms with Gasteiger partial charge in [-0.1, -0.05) is 5.16 Å². The summed E-state index contributed by atoms with van der Waals surface area (Å²) < 4.78 is 43.2. The van der Waals surface area contributed by atoms with Gasteiger partial charge in [0.2, 0.25) is 17.6 Å². The van der Waals surface area contributed by atoms with E-state index in [1.54, 1.807) is 24.5 Å². The number of amides is 1. The highest BCUT2D eigenvalue weighted by molar-refractivity contribution is 5.78. The van der Waals surface area contributed by atoms with Crippen molar-refractivity contribution in [2.75, 3.05) is 5.43 Å². The van der Waals surface area contributed by atoms with Crippen molar-refractivity contribution in [3.63, 3.8) is 0 Å². The number of anilines is 1. The van der Waals surface area contributed by atoms with E-state index in [0.717, 1.165) is 6.07 Å². The van der Waals surface area contributed by atoms with E-state index in [9.17, 15) is 28.1 Å². The molecule has 3 rings (SSSR count). The lowest BCUT2D eigenvalue weighted by molar-refractivity contribution is -0.384. The summed E-state index contributed by atoms with van der Waals surface area (Å²) in [7, 11) is 0. The molecule has 0 atom stereocenters. The number of aryl methyl sites for hydroxylation is 1. The number of hydrazine groups is 1. The number of pyridine rings is 1. The van der Waals surface area contributed by atoms with E-state index in [0.29, 0.717) is 23.5 Å².